The molecule has 11 heterocycles. The number of hydrogen-bond acceptors (Lipinski definition) is 25. The van der Waals surface area contributed by atoms with Gasteiger partial charge in [0.05, 0.1) is 80.8 Å². The lowest BCUT2D eigenvalue weighted by molar-refractivity contribution is -0.385. The molecule has 4 saturated heterocycles. The number of rotatable bonds is 21. The summed E-state index contributed by atoms with van der Waals surface area (Å²) in [7, 11) is 10.3. The van der Waals surface area contributed by atoms with Gasteiger partial charge in [-0.1, -0.05) is 114 Å². The van der Waals surface area contributed by atoms with E-state index in [1.54, 1.807) is 148 Å². The maximum atomic E-state index is 13.4. The molecular weight excluding hydrogens is 1770 g/mol. The minimum atomic E-state index is -0.634. The van der Waals surface area contributed by atoms with E-state index in [0.29, 0.717) is 191 Å². The molecule has 0 aliphatic carbocycles. The monoisotopic (exact) mass is 1880 g/mol. The summed E-state index contributed by atoms with van der Waals surface area (Å²) in [5.41, 5.74) is 2.31. The largest absolute Gasteiger partial charge is 0.497 e. The summed E-state index contributed by atoms with van der Waals surface area (Å²) in [6.07, 6.45) is 1.09. The van der Waals surface area contributed by atoms with Crippen molar-refractivity contribution in [3.05, 3.63) is 266 Å². The highest BCUT2D eigenvalue weighted by Gasteiger charge is 2.37. The number of benzene rings is 5. The Hall–Kier alpha value is -13.1. The molecule has 132 heavy (non-hydrogen) atoms. The number of anilines is 4. The van der Waals surface area contributed by atoms with Gasteiger partial charge in [-0.2, -0.15) is 0 Å². The lowest BCUT2D eigenvalue weighted by atomic mass is 10.1. The molecule has 0 saturated carbocycles. The van der Waals surface area contributed by atoms with E-state index in [-0.39, 0.29) is 94.0 Å². The van der Waals surface area contributed by atoms with Crippen LogP contribution in [0.15, 0.2) is 187 Å². The van der Waals surface area contributed by atoms with E-state index < -0.39 is 44.3 Å². The fourth-order valence-corrected chi connectivity index (χ4v) is 18.8. The number of pyridine rings is 4. The molecule has 0 spiro atoms. The Balaban J connectivity index is 0.000000197. The van der Waals surface area contributed by atoms with Crippen LogP contribution in [0.5, 0.6) is 5.75 Å². The summed E-state index contributed by atoms with van der Waals surface area (Å²) < 4.78 is 21.6. The van der Waals surface area contributed by atoms with Crippen LogP contribution in [0.1, 0.15) is 107 Å². The fraction of sp³-hybridized carbons (Fsp3) is 0.375. The van der Waals surface area contributed by atoms with E-state index in [4.69, 9.17) is 25.8 Å². The van der Waals surface area contributed by atoms with Gasteiger partial charge in [0.25, 0.3) is 22.9 Å². The van der Waals surface area contributed by atoms with Crippen LogP contribution in [0.25, 0.3) is 43.6 Å². The third kappa shape index (κ3) is 22.7. The molecule has 4 aliphatic rings. The molecule has 36 heteroatoms. The zero-order valence-corrected chi connectivity index (χ0v) is 75.8. The van der Waals surface area contributed by atoms with Gasteiger partial charge in [-0.3, -0.25) is 58.6 Å². The summed E-state index contributed by atoms with van der Waals surface area (Å²) in [6.45, 7) is 14.0. The molecule has 16 rings (SSSR count). The smallest absolute Gasteiger partial charge is 0.357 e. The summed E-state index contributed by atoms with van der Waals surface area (Å²) in [4.78, 5) is 171. The third-order valence-corrected chi connectivity index (χ3v) is 25.7. The number of ether oxygens (including phenoxy) is 3. The Morgan fingerprint density at radius 2 is 0.864 bits per heavy atom. The Labute approximate surface area is 783 Å². The van der Waals surface area contributed by atoms with Crippen molar-refractivity contribution in [1.29, 1.82) is 0 Å². The quantitative estimate of drug-likeness (QED) is 0.0366. The van der Waals surface area contributed by atoms with Crippen LogP contribution in [0.2, 0.25) is 5.02 Å². The highest BCUT2D eigenvalue weighted by Crippen LogP contribution is 2.39. The van der Waals surface area contributed by atoms with Crippen LogP contribution in [0.3, 0.4) is 0 Å². The van der Waals surface area contributed by atoms with Crippen LogP contribution < -0.4 is 46.6 Å². The second-order valence-electron chi connectivity index (χ2n) is 31.5. The van der Waals surface area contributed by atoms with Gasteiger partial charge in [0.1, 0.15) is 28.3 Å². The summed E-state index contributed by atoms with van der Waals surface area (Å²) in [5.74, 6) is -0.523. The molecule has 4 aliphatic heterocycles. The number of aryl methyl sites for hydroxylation is 4. The fourth-order valence-electron chi connectivity index (χ4n) is 16.5. The van der Waals surface area contributed by atoms with Gasteiger partial charge in [0, 0.05) is 174 Å². The number of amides is 4. The number of carbonyl (C=O) groups is 6. The van der Waals surface area contributed by atoms with Gasteiger partial charge >= 0.3 is 34.4 Å². The van der Waals surface area contributed by atoms with Crippen LogP contribution in [-0.4, -0.2) is 233 Å². The van der Waals surface area contributed by atoms with E-state index in [0.717, 1.165) is 38.1 Å². The Bertz CT molecular complexity index is 6370. The molecule has 5 aromatic carbocycles. The highest BCUT2D eigenvalue weighted by atomic mass is 35.5. The van der Waals surface area contributed by atoms with E-state index in [1.807, 2.05) is 149 Å². The van der Waals surface area contributed by atoms with E-state index in [2.05, 4.69) is 0 Å². The van der Waals surface area contributed by atoms with Gasteiger partial charge in [-0.25, -0.2) is 9.59 Å². The Morgan fingerprint density at radius 3 is 1.28 bits per heavy atom. The number of nitrogens with zero attached hydrogens (tertiary/aromatic N) is 15. The number of fused-ring (bicyclic) bond motifs is 4. The number of nitro groups is 2. The van der Waals surface area contributed by atoms with Crippen molar-refractivity contribution in [2.75, 3.05) is 159 Å². The number of para-hydroxylation sites is 3. The van der Waals surface area contributed by atoms with Gasteiger partial charge in [-0.15, -0.1) is 34.0 Å². The third-order valence-electron chi connectivity index (χ3n) is 22.9. The number of halogens is 1. The molecule has 0 atom stereocenters. The van der Waals surface area contributed by atoms with E-state index >= 15 is 0 Å². The van der Waals surface area contributed by atoms with Crippen molar-refractivity contribution in [1.82, 2.24) is 42.8 Å². The van der Waals surface area contributed by atoms with Crippen LogP contribution in [-0.2, 0) is 59.6 Å². The molecule has 12 aromatic rings. The maximum absolute atomic E-state index is 13.4. The number of methoxy groups -OCH3 is 1. The lowest BCUT2D eigenvalue weighted by Crippen LogP contribution is -2.50. The minimum absolute atomic E-state index is 0. The van der Waals surface area contributed by atoms with Crippen molar-refractivity contribution < 1.29 is 52.8 Å². The average molecular weight is 1880 g/mol. The first-order valence-corrected chi connectivity index (χ1v) is 45.0. The molecule has 0 unspecified atom stereocenters. The number of carbonyl (C=O) groups excluding carboxylic acids is 6. The number of esters is 2. The molecule has 7 aromatic heterocycles. The van der Waals surface area contributed by atoms with Crippen LogP contribution in [0, 0.1) is 20.2 Å². The van der Waals surface area contributed by atoms with E-state index in [9.17, 15) is 68.2 Å². The first-order chi connectivity index (χ1) is 61.6. The Kier molecular flexibility index (Phi) is 35.9. The molecule has 0 bridgehead atoms. The number of aromatic nitrogens is 4. The Morgan fingerprint density at radius 1 is 0.462 bits per heavy atom. The molecule has 0 N–H and O–H groups in total. The number of hydrogen-bond donors (Lipinski definition) is 0. The predicted octanol–water partition coefficient (Wildman–Crippen LogP) is 14.2. The zero-order chi connectivity index (χ0) is 91.3. The second kappa shape index (κ2) is 46.1. The molecule has 4 fully saturated rings. The molecule has 702 valence electrons. The molecule has 32 nitrogen and oxygen atoms in total. The van der Waals surface area contributed by atoms with Crippen molar-refractivity contribution >= 4 is 159 Å². The number of piperazine rings is 4. The van der Waals surface area contributed by atoms with Crippen molar-refractivity contribution in [3.63, 3.8) is 0 Å². The predicted molar refractivity (Wildman–Crippen MR) is 528 cm³/mol. The highest BCUT2D eigenvalue weighted by molar-refractivity contribution is 7.12. The van der Waals surface area contributed by atoms with Crippen molar-refractivity contribution in [3.8, 4) is 5.75 Å². The standard InChI is InChI=1S/C26H30ClN5O5.2C23H25N3O4S.C20H20N4O4S.4CH4/c1-28(2)11-4-12-31-22-10-7-19(27)17-21(22)23(24(26(31)34)32(35)36)29-13-15-30(16-14-29)25(33)18-5-8-20(37-3)9-6-18;1-15(2)30-23(29)19-20(16-7-4-5-8-17(16)24(3)22(19)28)25-10-12-26(13-11-25)21(27)18-9-6-14-31-18;1-3-30-23(29)20-21(17-8-4-5-9-18(17)24(2)22(20)28)26-12-10-25(11-13-26)19(27)15-16-7-6-14-31-16;1-21-16-7-3-2-6-15(16)18(19(20(21)26)24(27)28)23-10-8-22(9-11-23)17(25)13-14-5-4-12-29-14;;;;/h5-10,17H,4,11-16H2,1-3H3;4-9,14-15H,10-13H2,1-3H3;4-9,14H,3,10-13,15H2,1-2H3;2-7,12H,8-11,13H2,1H3;4*1H4. The van der Waals surface area contributed by atoms with Gasteiger partial charge in [-0.05, 0) is 143 Å². The first kappa shape index (κ1) is 103. The van der Waals surface area contributed by atoms with Gasteiger partial charge < -0.3 is 76.6 Å². The molecular formula is C96H116ClN15O17S3. The average Bonchev–Trinajstić information content (AvgIpc) is 0.939. The number of thiophene rings is 3. The summed E-state index contributed by atoms with van der Waals surface area (Å²) in [6, 6.07) is 45.8. The minimum Gasteiger partial charge on any atom is -0.497 e. The van der Waals surface area contributed by atoms with Crippen molar-refractivity contribution in [2.24, 2.45) is 21.1 Å². The second-order valence-corrected chi connectivity index (χ2v) is 34.9. The van der Waals surface area contributed by atoms with Crippen molar-refractivity contribution in [2.45, 2.75) is 82.4 Å². The summed E-state index contributed by atoms with van der Waals surface area (Å²) >= 11 is 10.9. The zero-order valence-electron chi connectivity index (χ0n) is 72.6. The molecule has 0 radical (unpaired) electrons. The van der Waals surface area contributed by atoms with Crippen LogP contribution in [0.4, 0.5) is 34.1 Å². The van der Waals surface area contributed by atoms with Gasteiger partial charge in [0.2, 0.25) is 11.8 Å². The first-order valence-electron chi connectivity index (χ1n) is 42.0. The molecule has 4 amide bonds. The topological polar surface area (TPSA) is 334 Å². The normalized spacial score (nSPS) is 13.7. The lowest BCUT2D eigenvalue weighted by Gasteiger charge is -2.37. The summed E-state index contributed by atoms with van der Waals surface area (Å²) in [5, 5.41) is 33.0. The maximum Gasteiger partial charge on any atom is 0.357 e. The SMILES string of the molecule is C.C.C.C.CC(C)OC(=O)c1c(N2CCN(C(=O)c3cccs3)CC2)c2ccccc2n(C)c1=O.CCOC(=O)c1c(N2CCN(C(=O)Cc3cccs3)CC2)c2ccccc2n(C)c1=O.COc1ccc(C(=O)N2CCN(c3c([N+](=O)[O-])c(=O)n(CCCN(C)C)c4ccc(Cl)cc34)CC2)cc1.Cn1c(=O)c([N+](=O)[O-])c(N2CCN(C(=O)Cc3cccs3)CC2)c2ccccc21. The van der Waals surface area contributed by atoms with Crippen LogP contribution >= 0.6 is 45.6 Å². The van der Waals surface area contributed by atoms with Gasteiger partial charge in [0.15, 0.2) is 0 Å². The van der Waals surface area contributed by atoms with E-state index in [1.165, 1.54) is 29.6 Å².